The van der Waals surface area contributed by atoms with Crippen molar-refractivity contribution in [2.75, 3.05) is 29.1 Å². The van der Waals surface area contributed by atoms with Crippen molar-refractivity contribution in [2.24, 2.45) is 0 Å². The zero-order chi connectivity index (χ0) is 23.0. The van der Waals surface area contributed by atoms with Crippen molar-refractivity contribution >= 4 is 29.0 Å². The molecule has 4 aromatic rings. The maximum absolute atomic E-state index is 12.5. The van der Waals surface area contributed by atoms with Gasteiger partial charge in [-0.05, 0) is 50.2 Å². The van der Waals surface area contributed by atoms with Crippen LogP contribution in [0.5, 0.6) is 0 Å². The van der Waals surface area contributed by atoms with Gasteiger partial charge in [-0.2, -0.15) is 0 Å². The number of carbonyl (C=O) groups excluding carboxylic acids is 1. The number of nitrogens with zero attached hydrogens (tertiary/aromatic N) is 4. The van der Waals surface area contributed by atoms with Crippen molar-refractivity contribution in [1.82, 2.24) is 14.8 Å². The smallest absolute Gasteiger partial charge is 0.234 e. The SMILES string of the molecule is CCN(CC)c1ccc(NC(=O)CSc2nc(-c3ccccc3)n(-c3ccccc3)n2)cc1. The summed E-state index contributed by atoms with van der Waals surface area (Å²) >= 11 is 1.32. The van der Waals surface area contributed by atoms with E-state index in [-0.39, 0.29) is 11.7 Å². The van der Waals surface area contributed by atoms with Crippen LogP contribution < -0.4 is 10.2 Å². The molecule has 0 aliphatic carbocycles. The Morgan fingerprint density at radius 1 is 0.909 bits per heavy atom. The molecule has 0 aliphatic heterocycles. The number of rotatable bonds is 9. The molecule has 0 saturated carbocycles. The number of nitrogens with one attached hydrogen (secondary N) is 1. The van der Waals surface area contributed by atoms with Gasteiger partial charge in [0.15, 0.2) is 5.82 Å². The summed E-state index contributed by atoms with van der Waals surface area (Å²) in [6.07, 6.45) is 0. The first-order valence-electron chi connectivity index (χ1n) is 11.0. The predicted octanol–water partition coefficient (Wildman–Crippen LogP) is 5.51. The largest absolute Gasteiger partial charge is 0.372 e. The molecule has 3 aromatic carbocycles. The molecule has 0 fully saturated rings. The highest BCUT2D eigenvalue weighted by atomic mass is 32.2. The average molecular weight is 458 g/mol. The fraction of sp³-hybridized carbons (Fsp3) is 0.192. The van der Waals surface area contributed by atoms with Crippen LogP contribution in [0.25, 0.3) is 17.1 Å². The summed E-state index contributed by atoms with van der Waals surface area (Å²) in [5, 5.41) is 8.19. The molecule has 168 valence electrons. The Balaban J connectivity index is 1.45. The van der Waals surface area contributed by atoms with E-state index < -0.39 is 0 Å². The molecule has 1 amide bonds. The second-order valence-corrected chi connectivity index (χ2v) is 8.33. The van der Waals surface area contributed by atoms with Crippen molar-refractivity contribution < 1.29 is 4.79 Å². The summed E-state index contributed by atoms with van der Waals surface area (Å²) in [4.78, 5) is 19.5. The number of thioether (sulfide) groups is 1. The van der Waals surface area contributed by atoms with E-state index in [0.29, 0.717) is 5.16 Å². The number of para-hydroxylation sites is 1. The van der Waals surface area contributed by atoms with Gasteiger partial charge in [-0.1, -0.05) is 60.3 Å². The number of anilines is 2. The molecule has 4 rings (SSSR count). The quantitative estimate of drug-likeness (QED) is 0.336. The summed E-state index contributed by atoms with van der Waals surface area (Å²) < 4.78 is 1.82. The maximum Gasteiger partial charge on any atom is 0.234 e. The van der Waals surface area contributed by atoms with Crippen LogP contribution in [0.15, 0.2) is 90.1 Å². The molecule has 0 saturated heterocycles. The number of hydrogen-bond acceptors (Lipinski definition) is 5. The Labute approximate surface area is 198 Å². The molecule has 0 aliphatic rings. The van der Waals surface area contributed by atoms with Gasteiger partial charge in [-0.3, -0.25) is 4.79 Å². The molecule has 1 heterocycles. The third kappa shape index (κ3) is 5.62. The van der Waals surface area contributed by atoms with Crippen LogP contribution in [0.2, 0.25) is 0 Å². The van der Waals surface area contributed by atoms with Crippen LogP contribution in [-0.4, -0.2) is 39.5 Å². The van der Waals surface area contributed by atoms with E-state index in [9.17, 15) is 4.79 Å². The van der Waals surface area contributed by atoms with Crippen LogP contribution in [-0.2, 0) is 4.79 Å². The van der Waals surface area contributed by atoms with E-state index >= 15 is 0 Å². The lowest BCUT2D eigenvalue weighted by Gasteiger charge is -2.21. The molecular weight excluding hydrogens is 430 g/mol. The van der Waals surface area contributed by atoms with Crippen LogP contribution in [0.1, 0.15) is 13.8 Å². The Hall–Kier alpha value is -3.58. The highest BCUT2D eigenvalue weighted by Crippen LogP contribution is 2.25. The van der Waals surface area contributed by atoms with Crippen molar-refractivity contribution in [3.05, 3.63) is 84.9 Å². The zero-order valence-corrected chi connectivity index (χ0v) is 19.6. The highest BCUT2D eigenvalue weighted by molar-refractivity contribution is 7.99. The van der Waals surface area contributed by atoms with Crippen molar-refractivity contribution in [1.29, 1.82) is 0 Å². The summed E-state index contributed by atoms with van der Waals surface area (Å²) in [5.74, 6) is 0.884. The van der Waals surface area contributed by atoms with Crippen LogP contribution in [0.4, 0.5) is 11.4 Å². The maximum atomic E-state index is 12.5. The first-order valence-corrected chi connectivity index (χ1v) is 12.0. The number of benzene rings is 3. The summed E-state index contributed by atoms with van der Waals surface area (Å²) in [6, 6.07) is 27.8. The van der Waals surface area contributed by atoms with E-state index in [2.05, 4.69) is 29.2 Å². The fourth-order valence-electron chi connectivity index (χ4n) is 3.55. The summed E-state index contributed by atoms with van der Waals surface area (Å²) in [5.41, 5.74) is 3.83. The molecule has 0 unspecified atom stereocenters. The second kappa shape index (κ2) is 10.8. The van der Waals surface area contributed by atoms with Gasteiger partial charge < -0.3 is 10.2 Å². The molecule has 0 spiro atoms. The van der Waals surface area contributed by atoms with E-state index in [1.54, 1.807) is 0 Å². The first kappa shape index (κ1) is 22.6. The topological polar surface area (TPSA) is 63.1 Å². The molecule has 0 radical (unpaired) electrons. The number of carbonyl (C=O) groups is 1. The molecular formula is C26H27N5OS. The van der Waals surface area contributed by atoms with Gasteiger partial charge in [0.25, 0.3) is 0 Å². The molecule has 33 heavy (non-hydrogen) atoms. The lowest BCUT2D eigenvalue weighted by atomic mass is 10.2. The molecule has 1 N–H and O–H groups in total. The van der Waals surface area contributed by atoms with Gasteiger partial charge in [-0.25, -0.2) is 9.67 Å². The van der Waals surface area contributed by atoms with Crippen LogP contribution in [0, 0.1) is 0 Å². The van der Waals surface area contributed by atoms with Gasteiger partial charge in [0.2, 0.25) is 11.1 Å². The Bertz CT molecular complexity index is 1120. The van der Waals surface area contributed by atoms with E-state index in [0.717, 1.165) is 41.5 Å². The Morgan fingerprint density at radius 2 is 1.55 bits per heavy atom. The molecule has 0 bridgehead atoms. The first-order chi connectivity index (χ1) is 16.2. The molecule has 0 atom stereocenters. The van der Waals surface area contributed by atoms with E-state index in [1.807, 2.05) is 89.6 Å². The highest BCUT2D eigenvalue weighted by Gasteiger charge is 2.15. The average Bonchev–Trinajstić information content (AvgIpc) is 3.30. The summed E-state index contributed by atoms with van der Waals surface area (Å²) in [6.45, 7) is 6.17. The number of hydrogen-bond donors (Lipinski definition) is 1. The zero-order valence-electron chi connectivity index (χ0n) is 18.8. The van der Waals surface area contributed by atoms with Gasteiger partial charge in [0.05, 0.1) is 11.4 Å². The third-order valence-electron chi connectivity index (χ3n) is 5.23. The third-order valence-corrected chi connectivity index (χ3v) is 6.07. The second-order valence-electron chi connectivity index (χ2n) is 7.39. The van der Waals surface area contributed by atoms with Crippen LogP contribution >= 0.6 is 11.8 Å². The van der Waals surface area contributed by atoms with Gasteiger partial charge in [-0.15, -0.1) is 5.10 Å². The van der Waals surface area contributed by atoms with Crippen molar-refractivity contribution in [3.63, 3.8) is 0 Å². The number of amides is 1. The van der Waals surface area contributed by atoms with Crippen molar-refractivity contribution in [2.45, 2.75) is 19.0 Å². The fourth-order valence-corrected chi connectivity index (χ4v) is 4.17. The molecule has 7 heteroatoms. The minimum atomic E-state index is -0.0899. The lowest BCUT2D eigenvalue weighted by molar-refractivity contribution is -0.113. The molecule has 1 aromatic heterocycles. The lowest BCUT2D eigenvalue weighted by Crippen LogP contribution is -2.21. The minimum Gasteiger partial charge on any atom is -0.372 e. The predicted molar refractivity (Wildman–Crippen MR) is 136 cm³/mol. The summed E-state index contributed by atoms with van der Waals surface area (Å²) in [7, 11) is 0. The number of aromatic nitrogens is 3. The van der Waals surface area contributed by atoms with Crippen molar-refractivity contribution in [3.8, 4) is 17.1 Å². The Kier molecular flexibility index (Phi) is 7.42. The minimum absolute atomic E-state index is 0.0899. The molecule has 6 nitrogen and oxygen atoms in total. The van der Waals surface area contributed by atoms with Crippen LogP contribution in [0.3, 0.4) is 0 Å². The normalized spacial score (nSPS) is 10.7. The van der Waals surface area contributed by atoms with Gasteiger partial charge in [0.1, 0.15) is 0 Å². The van der Waals surface area contributed by atoms with E-state index in [4.69, 9.17) is 4.98 Å². The standard InChI is InChI=1S/C26H27N5OS/c1-3-30(4-2)22-17-15-21(16-18-22)27-24(32)19-33-26-28-25(20-11-7-5-8-12-20)31(29-26)23-13-9-6-10-14-23/h5-18H,3-4,19H2,1-2H3,(H,27,32). The monoisotopic (exact) mass is 457 g/mol. The van der Waals surface area contributed by atoms with E-state index in [1.165, 1.54) is 11.8 Å². The van der Waals surface area contributed by atoms with Gasteiger partial charge in [0, 0.05) is 30.0 Å². The Morgan fingerprint density at radius 3 is 2.18 bits per heavy atom. The van der Waals surface area contributed by atoms with Gasteiger partial charge >= 0.3 is 0 Å².